The van der Waals surface area contributed by atoms with Gasteiger partial charge in [-0.05, 0) is 24.6 Å². The van der Waals surface area contributed by atoms with Crippen LogP contribution in [0.4, 0.5) is 5.82 Å². The van der Waals surface area contributed by atoms with Crippen LogP contribution in [0.25, 0.3) is 0 Å². The molecule has 1 aromatic carbocycles. The molecular weight excluding hydrogens is 344 g/mol. The Kier molecular flexibility index (Phi) is 4.17. The number of sulfonamides is 1. The van der Waals surface area contributed by atoms with Crippen molar-refractivity contribution in [3.8, 4) is 0 Å². The molecule has 0 radical (unpaired) electrons. The molecule has 20 heavy (non-hydrogen) atoms. The molecule has 2 aromatic rings. The van der Waals surface area contributed by atoms with Gasteiger partial charge in [0, 0.05) is 17.6 Å². The second-order valence-electron chi connectivity index (χ2n) is 4.44. The molecule has 2 rings (SSSR count). The molecule has 1 heterocycles. The highest BCUT2D eigenvalue weighted by molar-refractivity contribution is 9.10. The maximum atomic E-state index is 12.3. The predicted octanol–water partition coefficient (Wildman–Crippen LogP) is 1.80. The molecule has 0 saturated heterocycles. The van der Waals surface area contributed by atoms with E-state index in [0.29, 0.717) is 0 Å². The summed E-state index contributed by atoms with van der Waals surface area (Å²) in [7, 11) is -2.14. The van der Waals surface area contributed by atoms with Crippen molar-refractivity contribution in [2.45, 2.75) is 18.0 Å². The van der Waals surface area contributed by atoms with Crippen molar-refractivity contribution in [2.75, 3.05) is 5.73 Å². The molecule has 3 N–H and O–H groups in total. The number of nitrogens with two attached hydrogens (primary N) is 1. The maximum absolute atomic E-state index is 12.3. The molecule has 0 saturated carbocycles. The number of anilines is 1. The largest absolute Gasteiger partial charge is 0.381 e. The zero-order valence-electron chi connectivity index (χ0n) is 11.0. The Bertz CT molecular complexity index is 690. The molecule has 1 aromatic heterocycles. The van der Waals surface area contributed by atoms with Gasteiger partial charge in [0.1, 0.15) is 0 Å². The number of aromatic nitrogens is 2. The standard InChI is InChI=1S/C12H15BrN4O2S/c1-8(9-3-5-10(13)6-4-9)16-20(18,19)12-11(14)15-7-17(12)2/h3-8,16H,14H2,1-2H3/t8-/m1/s1. The summed E-state index contributed by atoms with van der Waals surface area (Å²) in [5, 5.41) is -0.0264. The van der Waals surface area contributed by atoms with E-state index >= 15 is 0 Å². The molecule has 0 aliphatic rings. The van der Waals surface area contributed by atoms with Crippen molar-refractivity contribution >= 4 is 31.8 Å². The lowest BCUT2D eigenvalue weighted by Crippen LogP contribution is -2.29. The summed E-state index contributed by atoms with van der Waals surface area (Å²) >= 11 is 3.34. The van der Waals surface area contributed by atoms with E-state index in [9.17, 15) is 8.42 Å². The molecule has 8 heteroatoms. The van der Waals surface area contributed by atoms with Crippen LogP contribution < -0.4 is 10.5 Å². The first kappa shape index (κ1) is 15.0. The van der Waals surface area contributed by atoms with E-state index in [4.69, 9.17) is 5.73 Å². The van der Waals surface area contributed by atoms with Gasteiger partial charge in [0.2, 0.25) is 0 Å². The second kappa shape index (κ2) is 5.55. The monoisotopic (exact) mass is 358 g/mol. The van der Waals surface area contributed by atoms with E-state index in [-0.39, 0.29) is 16.9 Å². The van der Waals surface area contributed by atoms with E-state index in [1.54, 1.807) is 14.0 Å². The lowest BCUT2D eigenvalue weighted by molar-refractivity contribution is 0.558. The Balaban J connectivity index is 2.27. The van der Waals surface area contributed by atoms with Crippen LogP contribution in [0.2, 0.25) is 0 Å². The Morgan fingerprint density at radius 3 is 2.45 bits per heavy atom. The van der Waals surface area contributed by atoms with Gasteiger partial charge in [-0.15, -0.1) is 0 Å². The lowest BCUT2D eigenvalue weighted by Gasteiger charge is -2.15. The average molecular weight is 359 g/mol. The molecule has 0 spiro atoms. The summed E-state index contributed by atoms with van der Waals surface area (Å²) in [6.07, 6.45) is 1.37. The summed E-state index contributed by atoms with van der Waals surface area (Å²) < 4.78 is 29.6. The SMILES string of the molecule is C[C@@H](NS(=O)(=O)c1c(N)ncn1C)c1ccc(Br)cc1. The third kappa shape index (κ3) is 3.02. The van der Waals surface area contributed by atoms with E-state index in [0.717, 1.165) is 10.0 Å². The average Bonchev–Trinajstić information content (AvgIpc) is 2.69. The predicted molar refractivity (Wildman–Crippen MR) is 80.5 cm³/mol. The number of imidazole rings is 1. The van der Waals surface area contributed by atoms with Crippen LogP contribution in [0, 0.1) is 0 Å². The number of benzene rings is 1. The van der Waals surface area contributed by atoms with Crippen LogP contribution in [0.1, 0.15) is 18.5 Å². The van der Waals surface area contributed by atoms with Crippen molar-refractivity contribution in [3.63, 3.8) is 0 Å². The molecule has 108 valence electrons. The number of hydrogen-bond acceptors (Lipinski definition) is 4. The minimum absolute atomic E-state index is 0.0111. The first-order chi connectivity index (χ1) is 9.31. The quantitative estimate of drug-likeness (QED) is 0.871. The third-order valence-electron chi connectivity index (χ3n) is 2.87. The number of hydrogen-bond donors (Lipinski definition) is 2. The summed E-state index contributed by atoms with van der Waals surface area (Å²) in [6.45, 7) is 1.77. The van der Waals surface area contributed by atoms with Crippen molar-refractivity contribution in [1.29, 1.82) is 0 Å². The van der Waals surface area contributed by atoms with Gasteiger partial charge < -0.3 is 10.3 Å². The molecular formula is C12H15BrN4O2S. The second-order valence-corrected chi connectivity index (χ2v) is 6.99. The molecule has 0 aliphatic heterocycles. The molecule has 0 amide bonds. The third-order valence-corrected chi connectivity index (χ3v) is 5.06. The van der Waals surface area contributed by atoms with Crippen molar-refractivity contribution in [1.82, 2.24) is 14.3 Å². The van der Waals surface area contributed by atoms with Crippen LogP contribution in [-0.4, -0.2) is 18.0 Å². The smallest absolute Gasteiger partial charge is 0.260 e. The Labute approximate surface area is 126 Å². The molecule has 0 bridgehead atoms. The molecule has 0 fully saturated rings. The first-order valence-corrected chi connectivity index (χ1v) is 8.13. The van der Waals surface area contributed by atoms with Gasteiger partial charge in [-0.2, -0.15) is 0 Å². The van der Waals surface area contributed by atoms with E-state index in [1.807, 2.05) is 24.3 Å². The van der Waals surface area contributed by atoms with Gasteiger partial charge in [-0.3, -0.25) is 0 Å². The fourth-order valence-electron chi connectivity index (χ4n) is 1.87. The van der Waals surface area contributed by atoms with Gasteiger partial charge in [0.05, 0.1) is 6.33 Å². The summed E-state index contributed by atoms with van der Waals surface area (Å²) in [5.74, 6) is -0.0111. The number of aryl methyl sites for hydroxylation is 1. The highest BCUT2D eigenvalue weighted by atomic mass is 79.9. The summed E-state index contributed by atoms with van der Waals surface area (Å²) in [6, 6.07) is 7.05. The van der Waals surface area contributed by atoms with Crippen LogP contribution in [0.3, 0.4) is 0 Å². The number of nitrogen functional groups attached to an aromatic ring is 1. The Morgan fingerprint density at radius 1 is 1.35 bits per heavy atom. The van der Waals surface area contributed by atoms with Gasteiger partial charge >= 0.3 is 0 Å². The Morgan fingerprint density at radius 2 is 1.95 bits per heavy atom. The summed E-state index contributed by atoms with van der Waals surface area (Å²) in [5.41, 5.74) is 6.46. The zero-order valence-corrected chi connectivity index (χ0v) is 13.4. The fourth-order valence-corrected chi connectivity index (χ4v) is 3.60. The van der Waals surface area contributed by atoms with Crippen molar-refractivity contribution in [3.05, 3.63) is 40.6 Å². The van der Waals surface area contributed by atoms with Crippen molar-refractivity contribution < 1.29 is 8.42 Å². The fraction of sp³-hybridized carbons (Fsp3) is 0.250. The first-order valence-electron chi connectivity index (χ1n) is 5.86. The van der Waals surface area contributed by atoms with Gasteiger partial charge in [-0.1, -0.05) is 28.1 Å². The van der Waals surface area contributed by atoms with Crippen LogP contribution in [0.15, 0.2) is 40.1 Å². The topological polar surface area (TPSA) is 90.0 Å². The number of halogens is 1. The van der Waals surface area contributed by atoms with E-state index in [1.165, 1.54) is 10.9 Å². The normalized spacial score (nSPS) is 13.3. The highest BCUT2D eigenvalue weighted by Gasteiger charge is 2.24. The molecule has 1 atom stereocenters. The van der Waals surface area contributed by atoms with Crippen molar-refractivity contribution in [2.24, 2.45) is 7.05 Å². The van der Waals surface area contributed by atoms with E-state index < -0.39 is 10.0 Å². The minimum Gasteiger partial charge on any atom is -0.381 e. The summed E-state index contributed by atoms with van der Waals surface area (Å²) in [4.78, 5) is 3.79. The zero-order chi connectivity index (χ0) is 14.9. The van der Waals surface area contributed by atoms with Crippen LogP contribution >= 0.6 is 15.9 Å². The van der Waals surface area contributed by atoms with Gasteiger partial charge in [0.15, 0.2) is 10.8 Å². The van der Waals surface area contributed by atoms with Crippen LogP contribution in [0.5, 0.6) is 0 Å². The van der Waals surface area contributed by atoms with Gasteiger partial charge in [-0.25, -0.2) is 18.1 Å². The van der Waals surface area contributed by atoms with Gasteiger partial charge in [0.25, 0.3) is 10.0 Å². The minimum atomic E-state index is -3.72. The number of rotatable bonds is 4. The number of nitrogens with zero attached hydrogens (tertiary/aromatic N) is 2. The molecule has 0 unspecified atom stereocenters. The van der Waals surface area contributed by atoms with Crippen LogP contribution in [-0.2, 0) is 17.1 Å². The lowest BCUT2D eigenvalue weighted by atomic mass is 10.1. The Hall–Kier alpha value is -1.38. The maximum Gasteiger partial charge on any atom is 0.260 e. The highest BCUT2D eigenvalue weighted by Crippen LogP contribution is 2.21. The number of nitrogens with one attached hydrogen (secondary N) is 1. The molecule has 6 nitrogen and oxygen atoms in total. The van der Waals surface area contributed by atoms with E-state index in [2.05, 4.69) is 25.6 Å². The molecule has 0 aliphatic carbocycles.